The number of fused-ring (bicyclic) bond motifs is 1. The third-order valence-electron chi connectivity index (χ3n) is 3.34. The van der Waals surface area contributed by atoms with Gasteiger partial charge in [0.2, 0.25) is 0 Å². The Bertz CT molecular complexity index is 486. The van der Waals surface area contributed by atoms with E-state index in [-0.39, 0.29) is 5.82 Å². The van der Waals surface area contributed by atoms with Gasteiger partial charge in [0, 0.05) is 12.8 Å². The molecule has 5 heteroatoms. The van der Waals surface area contributed by atoms with Crippen molar-refractivity contribution in [2.75, 3.05) is 13.2 Å². The van der Waals surface area contributed by atoms with Crippen LogP contribution in [0.25, 0.3) is 0 Å². The molecule has 1 heterocycles. The molecule has 0 atom stereocenters. The molecule has 1 fully saturated rings. The molecule has 18 heavy (non-hydrogen) atoms. The van der Waals surface area contributed by atoms with Crippen molar-refractivity contribution in [1.29, 1.82) is 0 Å². The molecule has 0 amide bonds. The molecule has 0 saturated heterocycles. The van der Waals surface area contributed by atoms with Crippen LogP contribution in [0.5, 0.6) is 11.5 Å². The highest BCUT2D eigenvalue weighted by Gasteiger charge is 2.41. The van der Waals surface area contributed by atoms with Gasteiger partial charge in [0.15, 0.2) is 11.5 Å². The van der Waals surface area contributed by atoms with E-state index in [1.54, 1.807) is 6.07 Å². The first kappa shape index (κ1) is 12.2. The number of hydrogen-bond donors (Lipinski definition) is 1. The molecule has 0 spiro atoms. The van der Waals surface area contributed by atoms with Crippen LogP contribution in [0.2, 0.25) is 0 Å². The van der Waals surface area contributed by atoms with Gasteiger partial charge >= 0.3 is 0 Å². The summed E-state index contributed by atoms with van der Waals surface area (Å²) in [5, 5.41) is 9.90. The van der Waals surface area contributed by atoms with Crippen molar-refractivity contribution in [1.82, 2.24) is 0 Å². The predicted molar refractivity (Wildman–Crippen MR) is 67.6 cm³/mol. The number of benzene rings is 1. The van der Waals surface area contributed by atoms with Gasteiger partial charge in [-0.25, -0.2) is 4.39 Å². The molecule has 0 aromatic heterocycles. The average Bonchev–Trinajstić information content (AvgIpc) is 3.09. The molecule has 1 aliphatic carbocycles. The first-order chi connectivity index (χ1) is 8.59. The predicted octanol–water partition coefficient (Wildman–Crippen LogP) is 2.82. The first-order valence-electron chi connectivity index (χ1n) is 6.08. The van der Waals surface area contributed by atoms with Crippen LogP contribution in [0.3, 0.4) is 0 Å². The number of aliphatic hydroxyl groups is 1. The molecular formula is C13H14BrFO3. The van der Waals surface area contributed by atoms with E-state index in [4.69, 9.17) is 9.47 Å². The lowest BCUT2D eigenvalue weighted by molar-refractivity contribution is 0.149. The summed E-state index contributed by atoms with van der Waals surface area (Å²) in [5.41, 5.74) is -0.244. The second-order valence-electron chi connectivity index (χ2n) is 4.94. The smallest absolute Gasteiger partial charge is 0.178 e. The van der Waals surface area contributed by atoms with Gasteiger partial charge in [-0.3, -0.25) is 0 Å². The van der Waals surface area contributed by atoms with Crippen molar-refractivity contribution >= 4 is 15.9 Å². The fraction of sp³-hybridized carbons (Fsp3) is 0.538. The second-order valence-corrected chi connectivity index (χ2v) is 5.74. The number of ether oxygens (including phenoxy) is 2. The van der Waals surface area contributed by atoms with Gasteiger partial charge in [-0.1, -0.05) is 0 Å². The van der Waals surface area contributed by atoms with Crippen LogP contribution in [0.1, 0.15) is 24.8 Å². The van der Waals surface area contributed by atoms with E-state index < -0.39 is 5.60 Å². The van der Waals surface area contributed by atoms with Gasteiger partial charge in [-0.05, 0) is 40.4 Å². The monoisotopic (exact) mass is 316 g/mol. The first-order valence-corrected chi connectivity index (χ1v) is 6.87. The van der Waals surface area contributed by atoms with Crippen LogP contribution < -0.4 is 9.47 Å². The molecule has 1 N–H and O–H groups in total. The molecule has 98 valence electrons. The van der Waals surface area contributed by atoms with Crippen LogP contribution in [0.15, 0.2) is 10.5 Å². The van der Waals surface area contributed by atoms with E-state index in [0.717, 1.165) is 19.3 Å². The van der Waals surface area contributed by atoms with E-state index >= 15 is 0 Å². The Balaban J connectivity index is 2.00. The zero-order valence-corrected chi connectivity index (χ0v) is 11.4. The van der Waals surface area contributed by atoms with Gasteiger partial charge in [-0.2, -0.15) is 0 Å². The normalized spacial score (nSPS) is 20.4. The van der Waals surface area contributed by atoms with E-state index in [1.165, 1.54) is 0 Å². The molecular weight excluding hydrogens is 303 g/mol. The molecule has 0 radical (unpaired) electrons. The van der Waals surface area contributed by atoms with Crippen molar-refractivity contribution in [3.05, 3.63) is 21.9 Å². The molecule has 1 saturated carbocycles. The van der Waals surface area contributed by atoms with E-state index in [2.05, 4.69) is 15.9 Å². The molecule has 0 bridgehead atoms. The molecule has 2 aliphatic rings. The SMILES string of the molecule is OC1(Cc2cc3c(c(Br)c2F)OCCCO3)CC1. The van der Waals surface area contributed by atoms with Crippen molar-refractivity contribution in [3.8, 4) is 11.5 Å². The minimum atomic E-state index is -0.722. The van der Waals surface area contributed by atoms with Crippen molar-refractivity contribution in [2.24, 2.45) is 0 Å². The number of hydrogen-bond acceptors (Lipinski definition) is 3. The summed E-state index contributed by atoms with van der Waals surface area (Å²) in [6.45, 7) is 1.09. The maximum atomic E-state index is 14.2. The van der Waals surface area contributed by atoms with E-state index in [0.29, 0.717) is 41.2 Å². The van der Waals surface area contributed by atoms with Crippen LogP contribution in [-0.4, -0.2) is 23.9 Å². The largest absolute Gasteiger partial charge is 0.490 e. The third-order valence-corrected chi connectivity index (χ3v) is 4.05. The summed E-state index contributed by atoms with van der Waals surface area (Å²) < 4.78 is 25.5. The van der Waals surface area contributed by atoms with Crippen molar-refractivity contribution < 1.29 is 19.0 Å². The fourth-order valence-electron chi connectivity index (χ4n) is 2.10. The van der Waals surface area contributed by atoms with Crippen LogP contribution in [-0.2, 0) is 6.42 Å². The standard InChI is InChI=1S/C13H14BrFO3/c14-10-11(15)8(7-13(16)2-3-13)6-9-12(10)18-5-1-4-17-9/h6,16H,1-5,7H2. The lowest BCUT2D eigenvalue weighted by Gasteiger charge is -2.15. The Labute approximate surface area is 113 Å². The molecule has 3 rings (SSSR count). The van der Waals surface area contributed by atoms with E-state index in [1.807, 2.05) is 0 Å². The summed E-state index contributed by atoms with van der Waals surface area (Å²) in [4.78, 5) is 0. The maximum absolute atomic E-state index is 14.2. The molecule has 1 aromatic rings. The minimum absolute atomic E-state index is 0.293. The number of rotatable bonds is 2. The third kappa shape index (κ3) is 2.21. The van der Waals surface area contributed by atoms with Crippen LogP contribution >= 0.6 is 15.9 Å². The van der Waals surface area contributed by atoms with Gasteiger partial charge < -0.3 is 14.6 Å². The van der Waals surface area contributed by atoms with Gasteiger partial charge in [-0.15, -0.1) is 0 Å². The van der Waals surface area contributed by atoms with Crippen LogP contribution in [0.4, 0.5) is 4.39 Å². The minimum Gasteiger partial charge on any atom is -0.490 e. The fourth-order valence-corrected chi connectivity index (χ4v) is 2.66. The Hall–Kier alpha value is -0.810. The molecule has 3 nitrogen and oxygen atoms in total. The summed E-state index contributed by atoms with van der Waals surface area (Å²) in [5.74, 6) is 0.621. The highest BCUT2D eigenvalue weighted by Crippen LogP contribution is 2.44. The van der Waals surface area contributed by atoms with Crippen molar-refractivity contribution in [2.45, 2.75) is 31.3 Å². The zero-order valence-electron chi connectivity index (χ0n) is 9.84. The van der Waals surface area contributed by atoms with E-state index in [9.17, 15) is 9.50 Å². The Morgan fingerprint density at radius 2 is 2.06 bits per heavy atom. The quantitative estimate of drug-likeness (QED) is 0.912. The highest BCUT2D eigenvalue weighted by atomic mass is 79.9. The number of halogens is 2. The molecule has 1 aromatic carbocycles. The zero-order chi connectivity index (χ0) is 12.8. The highest BCUT2D eigenvalue weighted by molar-refractivity contribution is 9.10. The topological polar surface area (TPSA) is 38.7 Å². The molecule has 1 aliphatic heterocycles. The summed E-state index contributed by atoms with van der Waals surface area (Å²) in [6, 6.07) is 1.65. The van der Waals surface area contributed by atoms with Gasteiger partial charge in [0.25, 0.3) is 0 Å². The average molecular weight is 317 g/mol. The van der Waals surface area contributed by atoms with Gasteiger partial charge in [0.05, 0.1) is 23.3 Å². The second kappa shape index (κ2) is 4.38. The Morgan fingerprint density at radius 1 is 1.33 bits per heavy atom. The summed E-state index contributed by atoms with van der Waals surface area (Å²) >= 11 is 3.22. The Kier molecular flexibility index (Phi) is 2.98. The maximum Gasteiger partial charge on any atom is 0.178 e. The van der Waals surface area contributed by atoms with Crippen LogP contribution in [0, 0.1) is 5.82 Å². The summed E-state index contributed by atoms with van der Waals surface area (Å²) in [6.07, 6.45) is 2.58. The lowest BCUT2D eigenvalue weighted by Crippen LogP contribution is -2.12. The lowest BCUT2D eigenvalue weighted by atomic mass is 10.1. The molecule has 0 unspecified atom stereocenters. The van der Waals surface area contributed by atoms with Gasteiger partial charge in [0.1, 0.15) is 5.82 Å². The Morgan fingerprint density at radius 3 is 2.78 bits per heavy atom. The van der Waals surface area contributed by atoms with Crippen molar-refractivity contribution in [3.63, 3.8) is 0 Å². The summed E-state index contributed by atoms with van der Waals surface area (Å²) in [7, 11) is 0.